The molecule has 0 radical (unpaired) electrons. The van der Waals surface area contributed by atoms with Crippen molar-refractivity contribution in [2.45, 2.75) is 74.9 Å². The van der Waals surface area contributed by atoms with Gasteiger partial charge in [-0.2, -0.15) is 9.97 Å². The molecular formula is C36H41F3N6O8. The molecule has 1 amide bonds. The quantitative estimate of drug-likeness (QED) is 0.108. The molecule has 7 rings (SSSR count). The van der Waals surface area contributed by atoms with E-state index < -0.39 is 73.2 Å². The minimum absolute atomic E-state index is 0.00413. The SMILES string of the molecule is CNC(=O)OCCCc1cccc2cccc(-c3ncc4c(N5CC(C)CC(F)C5)nc(OC(O)(O)C56CCC(O)(O)N5CC(O)(F)C6)nc4c3F)c12. The predicted octanol–water partition coefficient (Wildman–Crippen LogP) is 3.01. The summed E-state index contributed by atoms with van der Waals surface area (Å²) in [6, 6.07) is 10.1. The van der Waals surface area contributed by atoms with Crippen LogP contribution in [0.5, 0.6) is 6.01 Å². The van der Waals surface area contributed by atoms with Crippen LogP contribution in [-0.2, 0) is 11.2 Å². The number of hydrogen-bond acceptors (Lipinski definition) is 13. The van der Waals surface area contributed by atoms with Crippen LogP contribution in [-0.4, -0.2) is 114 Å². The van der Waals surface area contributed by atoms with E-state index in [1.807, 2.05) is 31.2 Å². The first-order chi connectivity index (χ1) is 25.0. The number of benzene rings is 2. The van der Waals surface area contributed by atoms with Gasteiger partial charge in [0, 0.05) is 38.2 Å². The van der Waals surface area contributed by atoms with Crippen LogP contribution in [0, 0.1) is 11.7 Å². The summed E-state index contributed by atoms with van der Waals surface area (Å²) >= 11 is 0. The zero-order chi connectivity index (χ0) is 37.9. The van der Waals surface area contributed by atoms with Crippen LogP contribution in [0.15, 0.2) is 42.6 Å². The van der Waals surface area contributed by atoms with Gasteiger partial charge in [0.25, 0.3) is 0 Å². The molecule has 6 N–H and O–H groups in total. The lowest BCUT2D eigenvalue weighted by atomic mass is 9.89. The average molecular weight is 743 g/mol. The Bertz CT molecular complexity index is 2040. The molecule has 5 heterocycles. The maximum Gasteiger partial charge on any atom is 0.406 e. The number of aliphatic hydroxyl groups is 5. The van der Waals surface area contributed by atoms with E-state index in [-0.39, 0.29) is 47.9 Å². The van der Waals surface area contributed by atoms with E-state index in [1.54, 1.807) is 17.0 Å². The van der Waals surface area contributed by atoms with Crippen LogP contribution >= 0.6 is 0 Å². The minimum atomic E-state index is -3.45. The summed E-state index contributed by atoms with van der Waals surface area (Å²) in [6.07, 6.45) is -1.08. The Kier molecular flexibility index (Phi) is 9.39. The molecule has 4 atom stereocenters. The van der Waals surface area contributed by atoms with E-state index in [2.05, 4.69) is 20.3 Å². The van der Waals surface area contributed by atoms with Gasteiger partial charge < -0.3 is 45.2 Å². The van der Waals surface area contributed by atoms with E-state index in [4.69, 9.17) is 9.47 Å². The molecule has 0 aliphatic carbocycles. The number of alkyl halides is 2. The number of β-amino-alcohol motifs (C(OH)–C–C–N with tert-alkyl or cyclic N) is 1. The van der Waals surface area contributed by atoms with E-state index >= 15 is 4.39 Å². The first-order valence-corrected chi connectivity index (χ1v) is 17.4. The smallest absolute Gasteiger partial charge is 0.406 e. The van der Waals surface area contributed by atoms with Gasteiger partial charge in [0.05, 0.1) is 25.1 Å². The highest BCUT2D eigenvalue weighted by molar-refractivity contribution is 6.00. The van der Waals surface area contributed by atoms with E-state index in [9.17, 15) is 39.1 Å². The summed E-state index contributed by atoms with van der Waals surface area (Å²) in [5, 5.41) is 58.1. The molecule has 3 saturated heterocycles. The van der Waals surface area contributed by atoms with E-state index in [0.29, 0.717) is 35.2 Å². The second-order valence-corrected chi connectivity index (χ2v) is 14.4. The summed E-state index contributed by atoms with van der Waals surface area (Å²) < 4.78 is 57.6. The van der Waals surface area contributed by atoms with Gasteiger partial charge in [-0.25, -0.2) is 22.9 Å². The molecule has 0 spiro atoms. The minimum Gasteiger partial charge on any atom is -0.450 e. The van der Waals surface area contributed by atoms with Gasteiger partial charge in [0.1, 0.15) is 28.7 Å². The molecule has 17 heteroatoms. The van der Waals surface area contributed by atoms with Crippen LogP contribution in [0.4, 0.5) is 23.8 Å². The van der Waals surface area contributed by atoms with Gasteiger partial charge in [-0.15, -0.1) is 0 Å². The summed E-state index contributed by atoms with van der Waals surface area (Å²) in [5.41, 5.74) is -1.48. The first-order valence-electron chi connectivity index (χ1n) is 17.4. The monoisotopic (exact) mass is 742 g/mol. The van der Waals surface area contributed by atoms with Gasteiger partial charge in [0.15, 0.2) is 5.82 Å². The van der Waals surface area contributed by atoms with Crippen molar-refractivity contribution in [3.8, 4) is 17.3 Å². The number of rotatable bonds is 9. The number of alkyl carbamates (subject to hydrolysis) is 1. The van der Waals surface area contributed by atoms with Crippen molar-refractivity contribution < 1.29 is 53.0 Å². The largest absolute Gasteiger partial charge is 0.450 e. The second kappa shape index (κ2) is 13.5. The Balaban J connectivity index is 1.34. The number of piperidine rings is 1. The van der Waals surface area contributed by atoms with Crippen molar-refractivity contribution in [3.63, 3.8) is 0 Å². The van der Waals surface area contributed by atoms with Crippen molar-refractivity contribution >= 4 is 33.6 Å². The highest BCUT2D eigenvalue weighted by atomic mass is 19.2. The second-order valence-electron chi connectivity index (χ2n) is 14.4. The Morgan fingerprint density at radius 2 is 1.87 bits per heavy atom. The molecule has 14 nitrogen and oxygen atoms in total. The number of ether oxygens (including phenoxy) is 2. The summed E-state index contributed by atoms with van der Waals surface area (Å²) in [6.45, 7) is 1.20. The van der Waals surface area contributed by atoms with Crippen molar-refractivity contribution in [2.75, 3.05) is 38.2 Å². The zero-order valence-corrected chi connectivity index (χ0v) is 29.1. The number of amides is 1. The van der Waals surface area contributed by atoms with E-state index in [1.165, 1.54) is 13.2 Å². The number of carbonyl (C=O) groups is 1. The fraction of sp³-hybridized carbons (Fsp3) is 0.500. The fourth-order valence-corrected chi connectivity index (χ4v) is 8.14. The van der Waals surface area contributed by atoms with Crippen molar-refractivity contribution in [1.29, 1.82) is 0 Å². The number of nitrogens with one attached hydrogen (secondary N) is 1. The third kappa shape index (κ3) is 6.70. The highest BCUT2D eigenvalue weighted by Crippen LogP contribution is 2.54. The number of anilines is 1. The van der Waals surface area contributed by atoms with Gasteiger partial charge >= 0.3 is 18.1 Å². The average Bonchev–Trinajstić information content (AvgIpc) is 3.54. The number of hydrogen-bond donors (Lipinski definition) is 6. The molecule has 4 unspecified atom stereocenters. The van der Waals surface area contributed by atoms with Crippen molar-refractivity contribution in [3.05, 3.63) is 54.0 Å². The number of halogens is 3. The molecule has 4 aromatic rings. The van der Waals surface area contributed by atoms with Gasteiger partial charge in [-0.05, 0) is 47.9 Å². The number of pyridine rings is 1. The Morgan fingerprint density at radius 3 is 2.60 bits per heavy atom. The van der Waals surface area contributed by atoms with Crippen molar-refractivity contribution in [1.82, 2.24) is 25.2 Å². The zero-order valence-electron chi connectivity index (χ0n) is 29.1. The number of aromatic nitrogens is 3. The van der Waals surface area contributed by atoms with Crippen LogP contribution in [0.3, 0.4) is 0 Å². The standard InChI is InChI=1S/C36H41F3N6O8/c1-20-14-23(37)17-44(16-20)30-25-15-41-28(24-10-4-8-21-6-3-7-22(26(21)24)9-5-13-52-32(46)40-2)27(38)29(25)42-31(43-30)53-36(50,51)33-11-12-35(48,49)45(33)19-34(39,47)18-33/h3-4,6-8,10,15,20,23,47-51H,5,9,11-14,16-19H2,1-2H3,(H,40,46). The van der Waals surface area contributed by atoms with Gasteiger partial charge in [-0.3, -0.25) is 4.98 Å². The molecule has 0 saturated carbocycles. The Hall–Kier alpha value is -4.39. The molecular weight excluding hydrogens is 701 g/mol. The molecule has 2 aromatic carbocycles. The van der Waals surface area contributed by atoms with Crippen LogP contribution in [0.25, 0.3) is 32.9 Å². The lowest BCUT2D eigenvalue weighted by molar-refractivity contribution is -0.372. The lowest BCUT2D eigenvalue weighted by Gasteiger charge is -2.42. The first kappa shape index (κ1) is 36.9. The maximum absolute atomic E-state index is 17.0. The summed E-state index contributed by atoms with van der Waals surface area (Å²) in [5.74, 6) is -10.3. The van der Waals surface area contributed by atoms with Crippen LogP contribution < -0.4 is 15.0 Å². The third-order valence-electron chi connectivity index (χ3n) is 10.5. The highest BCUT2D eigenvalue weighted by Gasteiger charge is 2.73. The number of carbonyl (C=O) groups excluding carboxylic acids is 1. The molecule has 3 aliphatic heterocycles. The number of nitrogens with zero attached hydrogens (tertiary/aromatic N) is 5. The maximum atomic E-state index is 17.0. The normalized spacial score (nSPS) is 25.9. The lowest BCUT2D eigenvalue weighted by Crippen LogP contribution is -2.65. The number of fused-ring (bicyclic) bond motifs is 3. The molecule has 2 aromatic heterocycles. The van der Waals surface area contributed by atoms with Crippen LogP contribution in [0.2, 0.25) is 0 Å². The molecule has 53 heavy (non-hydrogen) atoms. The Labute approximate surface area is 301 Å². The summed E-state index contributed by atoms with van der Waals surface area (Å²) in [7, 11) is 1.46. The molecule has 3 fully saturated rings. The topological polar surface area (TPSA) is 194 Å². The number of aryl methyl sites for hydroxylation is 1. The Morgan fingerprint density at radius 1 is 1.11 bits per heavy atom. The molecule has 0 bridgehead atoms. The van der Waals surface area contributed by atoms with Crippen molar-refractivity contribution in [2.24, 2.45) is 5.92 Å². The molecule has 284 valence electrons. The fourth-order valence-electron chi connectivity index (χ4n) is 8.14. The van der Waals surface area contributed by atoms with Crippen LogP contribution in [0.1, 0.15) is 44.6 Å². The van der Waals surface area contributed by atoms with E-state index in [0.717, 1.165) is 10.9 Å². The summed E-state index contributed by atoms with van der Waals surface area (Å²) in [4.78, 5) is 26.8. The van der Waals surface area contributed by atoms with Gasteiger partial charge in [0.2, 0.25) is 11.8 Å². The van der Waals surface area contributed by atoms with Gasteiger partial charge in [-0.1, -0.05) is 43.3 Å². The predicted molar refractivity (Wildman–Crippen MR) is 184 cm³/mol. The molecule has 3 aliphatic rings. The third-order valence-corrected chi connectivity index (χ3v) is 10.5.